The largest absolute Gasteiger partial charge is 0.310 e. The number of benzene rings is 1. The zero-order valence-corrected chi connectivity index (χ0v) is 10.3. The molecule has 1 nitrogen and oxygen atoms in total. The Hall–Kier alpha value is -0.570. The molecule has 0 aliphatic carbocycles. The van der Waals surface area contributed by atoms with E-state index >= 15 is 0 Å². The highest BCUT2D eigenvalue weighted by molar-refractivity contribution is 7.19. The molecular formula is C12H14ClNS. The van der Waals surface area contributed by atoms with Crippen LogP contribution in [0.5, 0.6) is 0 Å². The lowest BCUT2D eigenvalue weighted by Crippen LogP contribution is -2.31. The molecular weight excluding hydrogens is 226 g/mol. The molecule has 80 valence electrons. The van der Waals surface area contributed by atoms with Crippen LogP contribution in [0.3, 0.4) is 0 Å². The number of hydrogen-bond acceptors (Lipinski definition) is 2. The summed E-state index contributed by atoms with van der Waals surface area (Å²) in [7, 11) is 0. The summed E-state index contributed by atoms with van der Waals surface area (Å²) in [5.74, 6) is 0. The second-order valence-corrected chi connectivity index (χ2v) is 5.12. The molecule has 1 aliphatic rings. The maximum atomic E-state index is 3.52. The average molecular weight is 240 g/mol. The number of fused-ring (bicyclic) bond motifs is 3. The number of hydrogen-bond donors (Lipinski definition) is 1. The second kappa shape index (κ2) is 4.12. The van der Waals surface area contributed by atoms with Gasteiger partial charge in [0.15, 0.2) is 0 Å². The van der Waals surface area contributed by atoms with Gasteiger partial charge in [-0.15, -0.1) is 23.7 Å². The molecule has 3 rings (SSSR count). The highest BCUT2D eigenvalue weighted by atomic mass is 35.5. The van der Waals surface area contributed by atoms with Crippen molar-refractivity contribution in [2.24, 2.45) is 0 Å². The number of thiophene rings is 1. The summed E-state index contributed by atoms with van der Waals surface area (Å²) in [6.07, 6.45) is 1.19. The van der Waals surface area contributed by atoms with Crippen molar-refractivity contribution in [3.63, 3.8) is 0 Å². The first-order chi connectivity index (χ1) is 6.84. The lowest BCUT2D eigenvalue weighted by Gasteiger charge is -2.19. The van der Waals surface area contributed by atoms with E-state index in [0.29, 0.717) is 6.04 Å². The van der Waals surface area contributed by atoms with Crippen molar-refractivity contribution in [3.05, 3.63) is 34.7 Å². The lowest BCUT2D eigenvalue weighted by molar-refractivity contribution is 0.522. The van der Waals surface area contributed by atoms with Crippen LogP contribution in [-0.4, -0.2) is 6.04 Å². The number of nitrogens with one attached hydrogen (secondary N) is 1. The summed E-state index contributed by atoms with van der Waals surface area (Å²) in [5.41, 5.74) is 1.53. The number of halogens is 1. The Kier molecular flexibility index (Phi) is 3.01. The predicted molar refractivity (Wildman–Crippen MR) is 69.1 cm³/mol. The Morgan fingerprint density at radius 1 is 1.33 bits per heavy atom. The van der Waals surface area contributed by atoms with E-state index in [9.17, 15) is 0 Å². The van der Waals surface area contributed by atoms with Crippen LogP contribution in [0, 0.1) is 0 Å². The van der Waals surface area contributed by atoms with E-state index in [1.807, 2.05) is 11.3 Å². The van der Waals surface area contributed by atoms with Gasteiger partial charge >= 0.3 is 0 Å². The van der Waals surface area contributed by atoms with E-state index in [4.69, 9.17) is 0 Å². The maximum absolute atomic E-state index is 3.52. The fourth-order valence-corrected chi connectivity index (χ4v) is 3.49. The monoisotopic (exact) mass is 239 g/mol. The van der Waals surface area contributed by atoms with Gasteiger partial charge in [0.05, 0.1) is 0 Å². The third-order valence-electron chi connectivity index (χ3n) is 2.90. The molecule has 2 aromatic rings. The van der Waals surface area contributed by atoms with Gasteiger partial charge in [0.25, 0.3) is 0 Å². The minimum atomic E-state index is 0. The first kappa shape index (κ1) is 10.9. The van der Waals surface area contributed by atoms with Crippen LogP contribution in [0.2, 0.25) is 0 Å². The fourth-order valence-electron chi connectivity index (χ4n) is 2.13. The molecule has 0 spiro atoms. The van der Waals surface area contributed by atoms with Crippen molar-refractivity contribution in [3.8, 4) is 0 Å². The molecule has 0 amide bonds. The van der Waals surface area contributed by atoms with Crippen molar-refractivity contribution in [2.45, 2.75) is 25.9 Å². The minimum Gasteiger partial charge on any atom is -0.310 e. The van der Waals surface area contributed by atoms with Gasteiger partial charge in [-0.2, -0.15) is 0 Å². The zero-order chi connectivity index (χ0) is 9.54. The molecule has 2 heterocycles. The van der Waals surface area contributed by atoms with Crippen LogP contribution in [0.4, 0.5) is 0 Å². The fraction of sp³-hybridized carbons (Fsp3) is 0.333. The number of rotatable bonds is 0. The Bertz CT molecular complexity index is 477. The maximum Gasteiger partial charge on any atom is 0.0349 e. The van der Waals surface area contributed by atoms with Crippen LogP contribution in [0.1, 0.15) is 17.4 Å². The smallest absolute Gasteiger partial charge is 0.0349 e. The van der Waals surface area contributed by atoms with Crippen LogP contribution in [0.15, 0.2) is 24.3 Å². The molecule has 1 unspecified atom stereocenters. The van der Waals surface area contributed by atoms with Crippen molar-refractivity contribution in [2.75, 3.05) is 0 Å². The molecule has 3 heteroatoms. The van der Waals surface area contributed by atoms with E-state index in [0.717, 1.165) is 6.54 Å². The van der Waals surface area contributed by atoms with Gasteiger partial charge < -0.3 is 5.32 Å². The molecule has 1 atom stereocenters. The molecule has 1 N–H and O–H groups in total. The zero-order valence-electron chi connectivity index (χ0n) is 8.62. The average Bonchev–Trinajstić information content (AvgIpc) is 2.54. The molecule has 1 aromatic heterocycles. The van der Waals surface area contributed by atoms with E-state index < -0.39 is 0 Å². The summed E-state index contributed by atoms with van der Waals surface area (Å²) in [4.78, 5) is 1.58. The Balaban J connectivity index is 0.000000853. The Morgan fingerprint density at radius 3 is 3.00 bits per heavy atom. The van der Waals surface area contributed by atoms with Gasteiger partial charge in [-0.25, -0.2) is 0 Å². The predicted octanol–water partition coefficient (Wildman–Crippen LogP) is 3.36. The van der Waals surface area contributed by atoms with Gasteiger partial charge in [0, 0.05) is 22.2 Å². The van der Waals surface area contributed by atoms with E-state index in [1.54, 1.807) is 4.88 Å². The summed E-state index contributed by atoms with van der Waals surface area (Å²) < 4.78 is 1.44. The normalized spacial score (nSPS) is 19.7. The SMILES string of the molecule is CC1Cc2sc3ccccc3c2CN1.Cl. The summed E-state index contributed by atoms with van der Waals surface area (Å²) in [6.45, 7) is 3.30. The Morgan fingerprint density at radius 2 is 2.13 bits per heavy atom. The van der Waals surface area contributed by atoms with Gasteiger partial charge in [0.1, 0.15) is 0 Å². The standard InChI is InChI=1S/C12H13NS.ClH/c1-8-6-12-10(7-13-8)9-4-2-3-5-11(9)14-12;/h2-5,8,13H,6-7H2,1H3;1H. The van der Waals surface area contributed by atoms with Crippen molar-refractivity contribution in [1.29, 1.82) is 0 Å². The van der Waals surface area contributed by atoms with Crippen LogP contribution < -0.4 is 5.32 Å². The van der Waals surface area contributed by atoms with E-state index in [2.05, 4.69) is 36.5 Å². The van der Waals surface area contributed by atoms with Crippen molar-refractivity contribution in [1.82, 2.24) is 5.32 Å². The minimum absolute atomic E-state index is 0. The van der Waals surface area contributed by atoms with Crippen LogP contribution in [0.25, 0.3) is 10.1 Å². The summed E-state index contributed by atoms with van der Waals surface area (Å²) in [6, 6.07) is 9.36. The highest BCUT2D eigenvalue weighted by Gasteiger charge is 2.18. The molecule has 0 saturated carbocycles. The molecule has 0 fully saturated rings. The van der Waals surface area contributed by atoms with Crippen molar-refractivity contribution < 1.29 is 0 Å². The van der Waals surface area contributed by atoms with E-state index in [-0.39, 0.29) is 12.4 Å². The molecule has 15 heavy (non-hydrogen) atoms. The first-order valence-corrected chi connectivity index (χ1v) is 5.89. The molecule has 0 saturated heterocycles. The van der Waals surface area contributed by atoms with Gasteiger partial charge in [-0.1, -0.05) is 18.2 Å². The van der Waals surface area contributed by atoms with Crippen LogP contribution >= 0.6 is 23.7 Å². The topological polar surface area (TPSA) is 12.0 Å². The summed E-state index contributed by atoms with van der Waals surface area (Å²) >= 11 is 1.96. The Labute approximate surface area is 99.9 Å². The third kappa shape index (κ3) is 1.78. The summed E-state index contributed by atoms with van der Waals surface area (Å²) in [5, 5.41) is 4.97. The molecule has 0 bridgehead atoms. The highest BCUT2D eigenvalue weighted by Crippen LogP contribution is 2.33. The van der Waals surface area contributed by atoms with Gasteiger partial charge in [-0.3, -0.25) is 0 Å². The molecule has 0 radical (unpaired) electrons. The van der Waals surface area contributed by atoms with Crippen LogP contribution in [-0.2, 0) is 13.0 Å². The molecule has 1 aliphatic heterocycles. The van der Waals surface area contributed by atoms with E-state index in [1.165, 1.54) is 22.1 Å². The lowest BCUT2D eigenvalue weighted by atomic mass is 10.0. The molecule has 1 aromatic carbocycles. The second-order valence-electron chi connectivity index (χ2n) is 3.99. The third-order valence-corrected chi connectivity index (χ3v) is 4.14. The first-order valence-electron chi connectivity index (χ1n) is 5.07. The van der Waals surface area contributed by atoms with Gasteiger partial charge in [0.2, 0.25) is 0 Å². The quantitative estimate of drug-likeness (QED) is 0.744. The van der Waals surface area contributed by atoms with Crippen molar-refractivity contribution >= 4 is 33.8 Å². The van der Waals surface area contributed by atoms with Gasteiger partial charge in [-0.05, 0) is 30.4 Å².